The number of thioether (sulfide) groups is 1. The maximum Gasteiger partial charge on any atom is 0.316 e. The van der Waals surface area contributed by atoms with E-state index >= 15 is 0 Å². The standard InChI is InChI=1S/C15H22O3S/c1-12(2)11-18-8-9-19-14(15(16)17)10-13-6-4-3-5-7-13/h3-7,12,14H,8-11H2,1-2H3,(H,16,17). The molecule has 0 saturated heterocycles. The number of carbonyl (C=O) groups is 1. The molecule has 3 nitrogen and oxygen atoms in total. The molecule has 0 fully saturated rings. The fraction of sp³-hybridized carbons (Fsp3) is 0.533. The Hall–Kier alpha value is -1.00. The molecule has 1 rings (SSSR count). The van der Waals surface area contributed by atoms with Gasteiger partial charge in [0.25, 0.3) is 0 Å². The van der Waals surface area contributed by atoms with E-state index in [2.05, 4.69) is 13.8 Å². The van der Waals surface area contributed by atoms with Crippen molar-refractivity contribution in [1.82, 2.24) is 0 Å². The van der Waals surface area contributed by atoms with Gasteiger partial charge in [-0.05, 0) is 17.9 Å². The van der Waals surface area contributed by atoms with Gasteiger partial charge in [-0.25, -0.2) is 0 Å². The van der Waals surface area contributed by atoms with E-state index in [1.165, 1.54) is 11.8 Å². The topological polar surface area (TPSA) is 46.5 Å². The van der Waals surface area contributed by atoms with Gasteiger partial charge < -0.3 is 9.84 Å². The summed E-state index contributed by atoms with van der Waals surface area (Å²) in [5.41, 5.74) is 1.06. The summed E-state index contributed by atoms with van der Waals surface area (Å²) in [4.78, 5) is 11.2. The molecule has 0 aliphatic rings. The number of carboxylic acid groups (broad SMARTS) is 1. The first-order valence-corrected chi connectivity index (χ1v) is 7.60. The van der Waals surface area contributed by atoms with Crippen molar-refractivity contribution in [3.63, 3.8) is 0 Å². The molecule has 0 aliphatic heterocycles. The van der Waals surface area contributed by atoms with E-state index in [1.54, 1.807) is 0 Å². The minimum atomic E-state index is -0.752. The molecule has 0 spiro atoms. The zero-order chi connectivity index (χ0) is 14.1. The lowest BCUT2D eigenvalue weighted by molar-refractivity contribution is -0.136. The lowest BCUT2D eigenvalue weighted by Gasteiger charge is -2.12. The minimum Gasteiger partial charge on any atom is -0.480 e. The summed E-state index contributed by atoms with van der Waals surface area (Å²) in [6, 6.07) is 9.74. The first-order chi connectivity index (χ1) is 9.09. The van der Waals surface area contributed by atoms with E-state index < -0.39 is 11.2 Å². The second kappa shape index (κ2) is 8.99. The molecule has 1 aromatic rings. The third kappa shape index (κ3) is 7.23. The Labute approximate surface area is 119 Å². The Morgan fingerprint density at radius 2 is 2.00 bits per heavy atom. The summed E-state index contributed by atoms with van der Waals surface area (Å²) in [7, 11) is 0. The van der Waals surface area contributed by atoms with E-state index in [0.717, 1.165) is 17.9 Å². The van der Waals surface area contributed by atoms with Gasteiger partial charge in [-0.2, -0.15) is 0 Å². The highest BCUT2D eigenvalue weighted by Crippen LogP contribution is 2.17. The second-order valence-corrected chi connectivity index (χ2v) is 6.17. The lowest BCUT2D eigenvalue weighted by Crippen LogP contribution is -2.20. The van der Waals surface area contributed by atoms with Crippen molar-refractivity contribution in [3.8, 4) is 0 Å². The fourth-order valence-electron chi connectivity index (χ4n) is 1.61. The van der Waals surface area contributed by atoms with Crippen LogP contribution in [-0.4, -0.2) is 35.3 Å². The highest BCUT2D eigenvalue weighted by Gasteiger charge is 2.18. The van der Waals surface area contributed by atoms with Crippen LogP contribution in [0.4, 0.5) is 0 Å². The average Bonchev–Trinajstić information content (AvgIpc) is 2.37. The van der Waals surface area contributed by atoms with Crippen LogP contribution in [0.3, 0.4) is 0 Å². The summed E-state index contributed by atoms with van der Waals surface area (Å²) < 4.78 is 5.46. The molecule has 0 bridgehead atoms. The molecular formula is C15H22O3S. The van der Waals surface area contributed by atoms with E-state index in [9.17, 15) is 9.90 Å². The van der Waals surface area contributed by atoms with Gasteiger partial charge in [0.15, 0.2) is 0 Å². The van der Waals surface area contributed by atoms with E-state index in [4.69, 9.17) is 4.74 Å². The Bertz CT molecular complexity index is 365. The maximum absolute atomic E-state index is 11.2. The normalized spacial score (nSPS) is 12.6. The molecule has 0 amide bonds. The first-order valence-electron chi connectivity index (χ1n) is 6.55. The number of rotatable bonds is 9. The van der Waals surface area contributed by atoms with E-state index in [1.807, 2.05) is 30.3 Å². The van der Waals surface area contributed by atoms with Crippen LogP contribution in [0.5, 0.6) is 0 Å². The van der Waals surface area contributed by atoms with Gasteiger partial charge in [0, 0.05) is 12.4 Å². The molecule has 0 heterocycles. The number of ether oxygens (including phenoxy) is 1. The van der Waals surface area contributed by atoms with Gasteiger partial charge in [-0.1, -0.05) is 44.2 Å². The Morgan fingerprint density at radius 3 is 2.58 bits per heavy atom. The van der Waals surface area contributed by atoms with Gasteiger partial charge >= 0.3 is 5.97 Å². The van der Waals surface area contributed by atoms with Crippen LogP contribution in [0.1, 0.15) is 19.4 Å². The summed E-state index contributed by atoms with van der Waals surface area (Å²) in [5, 5.41) is 8.82. The van der Waals surface area contributed by atoms with Crippen molar-refractivity contribution in [1.29, 1.82) is 0 Å². The largest absolute Gasteiger partial charge is 0.480 e. The monoisotopic (exact) mass is 282 g/mol. The van der Waals surface area contributed by atoms with Crippen LogP contribution < -0.4 is 0 Å². The minimum absolute atomic E-state index is 0.398. The molecular weight excluding hydrogens is 260 g/mol. The van der Waals surface area contributed by atoms with Crippen molar-refractivity contribution in [2.24, 2.45) is 5.92 Å². The molecule has 106 valence electrons. The van der Waals surface area contributed by atoms with Crippen molar-refractivity contribution in [3.05, 3.63) is 35.9 Å². The molecule has 19 heavy (non-hydrogen) atoms. The van der Waals surface area contributed by atoms with Crippen LogP contribution >= 0.6 is 11.8 Å². The molecule has 0 saturated carbocycles. The van der Waals surface area contributed by atoms with Crippen molar-refractivity contribution >= 4 is 17.7 Å². The van der Waals surface area contributed by atoms with Crippen LogP contribution in [0, 0.1) is 5.92 Å². The van der Waals surface area contributed by atoms with Gasteiger partial charge in [-0.3, -0.25) is 4.79 Å². The zero-order valence-corrected chi connectivity index (χ0v) is 12.4. The van der Waals surface area contributed by atoms with E-state index in [0.29, 0.717) is 18.9 Å². The molecule has 1 aromatic carbocycles. The quantitative estimate of drug-likeness (QED) is 0.707. The van der Waals surface area contributed by atoms with Crippen LogP contribution in [-0.2, 0) is 16.0 Å². The first kappa shape index (κ1) is 16.1. The Morgan fingerprint density at radius 1 is 1.32 bits per heavy atom. The second-order valence-electron chi connectivity index (χ2n) is 4.86. The van der Waals surface area contributed by atoms with Gasteiger partial charge in [0.2, 0.25) is 0 Å². The predicted molar refractivity (Wildman–Crippen MR) is 79.7 cm³/mol. The average molecular weight is 282 g/mol. The number of carboxylic acids is 1. The summed E-state index contributed by atoms with van der Waals surface area (Å²) >= 11 is 1.45. The highest BCUT2D eigenvalue weighted by atomic mass is 32.2. The summed E-state index contributed by atoms with van der Waals surface area (Å²) in [5.74, 6) is 0.485. The van der Waals surface area contributed by atoms with Crippen LogP contribution in [0.2, 0.25) is 0 Å². The molecule has 0 aliphatic carbocycles. The highest BCUT2D eigenvalue weighted by molar-refractivity contribution is 8.00. The predicted octanol–water partition coefficient (Wildman–Crippen LogP) is 3.09. The van der Waals surface area contributed by atoms with Crippen molar-refractivity contribution in [2.45, 2.75) is 25.5 Å². The smallest absolute Gasteiger partial charge is 0.316 e. The van der Waals surface area contributed by atoms with Gasteiger partial charge in [0.1, 0.15) is 5.25 Å². The molecule has 1 N–H and O–H groups in total. The van der Waals surface area contributed by atoms with Crippen LogP contribution in [0.15, 0.2) is 30.3 Å². The van der Waals surface area contributed by atoms with Gasteiger partial charge in [0.05, 0.1) is 6.61 Å². The zero-order valence-electron chi connectivity index (χ0n) is 11.5. The number of aliphatic carboxylic acids is 1. The maximum atomic E-state index is 11.2. The fourth-order valence-corrected chi connectivity index (χ4v) is 2.57. The van der Waals surface area contributed by atoms with Crippen molar-refractivity contribution < 1.29 is 14.6 Å². The number of benzene rings is 1. The summed E-state index contributed by atoms with van der Waals surface area (Å²) in [6.45, 7) is 5.55. The molecule has 4 heteroatoms. The molecule has 0 radical (unpaired) electrons. The third-order valence-corrected chi connectivity index (χ3v) is 3.71. The molecule has 0 aromatic heterocycles. The summed E-state index contributed by atoms with van der Waals surface area (Å²) in [6.07, 6.45) is 0.561. The third-order valence-electron chi connectivity index (χ3n) is 2.54. The van der Waals surface area contributed by atoms with Crippen LogP contribution in [0.25, 0.3) is 0 Å². The SMILES string of the molecule is CC(C)COCCSC(Cc1ccccc1)C(=O)O. The lowest BCUT2D eigenvalue weighted by atomic mass is 10.1. The Balaban J connectivity index is 2.31. The molecule has 1 atom stereocenters. The molecule has 1 unspecified atom stereocenters. The number of hydrogen-bond donors (Lipinski definition) is 1. The van der Waals surface area contributed by atoms with E-state index in [-0.39, 0.29) is 0 Å². The van der Waals surface area contributed by atoms with Crippen molar-refractivity contribution in [2.75, 3.05) is 19.0 Å². The Kier molecular flexibility index (Phi) is 7.60. The van der Waals surface area contributed by atoms with Gasteiger partial charge in [-0.15, -0.1) is 11.8 Å². The number of hydrogen-bond acceptors (Lipinski definition) is 3.